The largest absolute Gasteiger partial charge is 0.465 e. The van der Waals surface area contributed by atoms with Crippen LogP contribution in [0.5, 0.6) is 0 Å². The first-order valence-electron chi connectivity index (χ1n) is 4.67. The topological polar surface area (TPSA) is 26.3 Å². The Hall–Kier alpha value is -0.790. The Morgan fingerprint density at radius 1 is 1.54 bits per heavy atom. The summed E-state index contributed by atoms with van der Waals surface area (Å²) in [6, 6.07) is 0. The van der Waals surface area contributed by atoms with Gasteiger partial charge in [-0.05, 0) is 11.8 Å². The molecule has 0 aliphatic rings. The average molecular weight is 184 g/mol. The fraction of sp³-hybridized carbons (Fsp3) is 0.727. The van der Waals surface area contributed by atoms with Crippen LogP contribution in [0.4, 0.5) is 0 Å². The van der Waals surface area contributed by atoms with Crippen molar-refractivity contribution in [3.63, 3.8) is 0 Å². The fourth-order valence-corrected chi connectivity index (χ4v) is 0.721. The maximum atomic E-state index is 11.4. The number of hydrogen-bond acceptors (Lipinski definition) is 2. The van der Waals surface area contributed by atoms with Crippen LogP contribution in [0.3, 0.4) is 0 Å². The Balaban J connectivity index is 3.90. The number of ether oxygens (including phenoxy) is 1. The first-order chi connectivity index (χ1) is 5.89. The molecule has 1 atom stereocenters. The van der Waals surface area contributed by atoms with E-state index < -0.39 is 0 Å². The second kappa shape index (κ2) is 5.05. The van der Waals surface area contributed by atoms with E-state index >= 15 is 0 Å². The summed E-state index contributed by atoms with van der Waals surface area (Å²) < 4.78 is 5.06. The van der Waals surface area contributed by atoms with Crippen molar-refractivity contribution in [2.45, 2.75) is 34.1 Å². The molecule has 0 saturated carbocycles. The number of esters is 1. The van der Waals surface area contributed by atoms with Gasteiger partial charge in [0.1, 0.15) is 0 Å². The van der Waals surface area contributed by atoms with Crippen LogP contribution in [0.15, 0.2) is 12.7 Å². The van der Waals surface area contributed by atoms with Crippen LogP contribution >= 0.6 is 0 Å². The predicted octanol–water partition coefficient (Wildman–Crippen LogP) is 2.79. The van der Waals surface area contributed by atoms with Crippen molar-refractivity contribution in [3.05, 3.63) is 12.7 Å². The molecule has 0 N–H and O–H groups in total. The molecule has 0 spiro atoms. The summed E-state index contributed by atoms with van der Waals surface area (Å²) in [4.78, 5) is 11.4. The Kier molecular flexibility index (Phi) is 4.74. The molecule has 0 radical (unpaired) electrons. The Morgan fingerprint density at radius 3 is 2.46 bits per heavy atom. The number of rotatable bonds is 4. The van der Waals surface area contributed by atoms with Gasteiger partial charge < -0.3 is 4.74 Å². The summed E-state index contributed by atoms with van der Waals surface area (Å²) >= 11 is 0. The van der Waals surface area contributed by atoms with E-state index in [1.165, 1.54) is 0 Å². The molecule has 0 rings (SSSR count). The van der Waals surface area contributed by atoms with Crippen LogP contribution in [0.25, 0.3) is 0 Å². The maximum Gasteiger partial charge on any atom is 0.309 e. The van der Waals surface area contributed by atoms with E-state index in [0.29, 0.717) is 6.61 Å². The highest BCUT2D eigenvalue weighted by Crippen LogP contribution is 2.26. The van der Waals surface area contributed by atoms with E-state index in [1.807, 2.05) is 27.7 Å². The van der Waals surface area contributed by atoms with Crippen LogP contribution in [0.1, 0.15) is 34.1 Å². The van der Waals surface area contributed by atoms with E-state index in [1.54, 1.807) is 6.08 Å². The lowest BCUT2D eigenvalue weighted by Crippen LogP contribution is -2.27. The summed E-state index contributed by atoms with van der Waals surface area (Å²) in [6.07, 6.45) is 2.47. The summed E-state index contributed by atoms with van der Waals surface area (Å²) in [5.74, 6) is -0.174. The van der Waals surface area contributed by atoms with Crippen molar-refractivity contribution < 1.29 is 9.53 Å². The van der Waals surface area contributed by atoms with Gasteiger partial charge in [0, 0.05) is 0 Å². The minimum absolute atomic E-state index is 0.0226. The minimum atomic E-state index is -0.116. The molecular formula is C11H20O2. The molecule has 0 aliphatic heterocycles. The van der Waals surface area contributed by atoms with Gasteiger partial charge in [-0.2, -0.15) is 0 Å². The van der Waals surface area contributed by atoms with E-state index in [0.717, 1.165) is 6.42 Å². The third-order valence-corrected chi connectivity index (χ3v) is 2.22. The van der Waals surface area contributed by atoms with Gasteiger partial charge in [0.15, 0.2) is 0 Å². The number of carbonyl (C=O) groups excluding carboxylic acids is 1. The molecule has 0 saturated heterocycles. The van der Waals surface area contributed by atoms with Crippen LogP contribution in [0, 0.1) is 11.3 Å². The summed E-state index contributed by atoms with van der Waals surface area (Å²) in [5, 5.41) is 0. The molecule has 0 aromatic heterocycles. The van der Waals surface area contributed by atoms with E-state index in [-0.39, 0.29) is 17.3 Å². The molecule has 2 nitrogen and oxygen atoms in total. The van der Waals surface area contributed by atoms with E-state index in [9.17, 15) is 4.79 Å². The third kappa shape index (κ3) is 4.71. The van der Waals surface area contributed by atoms with Gasteiger partial charge in [-0.1, -0.05) is 33.8 Å². The number of hydrogen-bond donors (Lipinski definition) is 0. The summed E-state index contributed by atoms with van der Waals surface area (Å²) in [5.41, 5.74) is -0.0226. The molecule has 2 heteroatoms. The normalized spacial score (nSPS) is 13.5. The Labute approximate surface area is 81.0 Å². The van der Waals surface area contributed by atoms with Crippen LogP contribution in [-0.4, -0.2) is 12.6 Å². The standard InChI is InChI=1S/C11H20O2/c1-6-7-8-13-10(12)9(2)11(3,4)5/h6,9H,1,7-8H2,2-5H3. The van der Waals surface area contributed by atoms with Gasteiger partial charge in [-0.3, -0.25) is 4.79 Å². The van der Waals surface area contributed by atoms with Gasteiger partial charge in [0.05, 0.1) is 12.5 Å². The summed E-state index contributed by atoms with van der Waals surface area (Å²) in [6.45, 7) is 12.0. The average Bonchev–Trinajstić information content (AvgIpc) is 2.01. The summed E-state index contributed by atoms with van der Waals surface area (Å²) in [7, 11) is 0. The molecule has 0 heterocycles. The molecule has 0 amide bonds. The molecule has 0 fully saturated rings. The van der Waals surface area contributed by atoms with Crippen LogP contribution in [0.2, 0.25) is 0 Å². The van der Waals surface area contributed by atoms with Crippen molar-refractivity contribution in [1.29, 1.82) is 0 Å². The molecule has 76 valence electrons. The third-order valence-electron chi connectivity index (χ3n) is 2.22. The zero-order chi connectivity index (χ0) is 10.5. The SMILES string of the molecule is C=CCCOC(=O)C(C)C(C)(C)C. The first kappa shape index (κ1) is 12.2. The van der Waals surface area contributed by atoms with Gasteiger partial charge in [0.25, 0.3) is 0 Å². The van der Waals surface area contributed by atoms with Gasteiger partial charge in [-0.25, -0.2) is 0 Å². The van der Waals surface area contributed by atoms with Crippen molar-refractivity contribution in [2.75, 3.05) is 6.61 Å². The van der Waals surface area contributed by atoms with E-state index in [2.05, 4.69) is 6.58 Å². The highest BCUT2D eigenvalue weighted by Gasteiger charge is 2.27. The zero-order valence-corrected chi connectivity index (χ0v) is 9.09. The van der Waals surface area contributed by atoms with Gasteiger partial charge >= 0.3 is 5.97 Å². The van der Waals surface area contributed by atoms with Crippen molar-refractivity contribution in [1.82, 2.24) is 0 Å². The second-order valence-corrected chi connectivity index (χ2v) is 4.33. The molecule has 0 aromatic carbocycles. The number of carbonyl (C=O) groups is 1. The molecular weight excluding hydrogens is 164 g/mol. The molecule has 0 aromatic rings. The molecule has 1 unspecified atom stereocenters. The second-order valence-electron chi connectivity index (χ2n) is 4.33. The lowest BCUT2D eigenvalue weighted by Gasteiger charge is -2.25. The quantitative estimate of drug-likeness (QED) is 0.381. The molecule has 0 aliphatic carbocycles. The predicted molar refractivity (Wildman–Crippen MR) is 54.4 cm³/mol. The van der Waals surface area contributed by atoms with Gasteiger partial charge in [-0.15, -0.1) is 6.58 Å². The lowest BCUT2D eigenvalue weighted by molar-refractivity contribution is -0.151. The Morgan fingerprint density at radius 2 is 2.08 bits per heavy atom. The van der Waals surface area contributed by atoms with E-state index in [4.69, 9.17) is 4.74 Å². The zero-order valence-electron chi connectivity index (χ0n) is 9.09. The minimum Gasteiger partial charge on any atom is -0.465 e. The van der Waals surface area contributed by atoms with Crippen LogP contribution < -0.4 is 0 Å². The van der Waals surface area contributed by atoms with Crippen molar-refractivity contribution in [2.24, 2.45) is 11.3 Å². The van der Waals surface area contributed by atoms with Crippen molar-refractivity contribution >= 4 is 5.97 Å². The maximum absolute atomic E-state index is 11.4. The fourth-order valence-electron chi connectivity index (χ4n) is 0.721. The molecule has 0 bridgehead atoms. The van der Waals surface area contributed by atoms with Crippen molar-refractivity contribution in [3.8, 4) is 0 Å². The van der Waals surface area contributed by atoms with Crippen LogP contribution in [-0.2, 0) is 9.53 Å². The molecule has 13 heavy (non-hydrogen) atoms. The smallest absolute Gasteiger partial charge is 0.309 e. The highest BCUT2D eigenvalue weighted by atomic mass is 16.5. The lowest BCUT2D eigenvalue weighted by atomic mass is 9.82. The Bertz CT molecular complexity index is 177. The highest BCUT2D eigenvalue weighted by molar-refractivity contribution is 5.72. The first-order valence-corrected chi connectivity index (χ1v) is 4.67. The monoisotopic (exact) mass is 184 g/mol. The van der Waals surface area contributed by atoms with Gasteiger partial charge in [0.2, 0.25) is 0 Å².